The van der Waals surface area contributed by atoms with E-state index < -0.39 is 5.91 Å². The number of hydrogen-bond donors (Lipinski definition) is 3. The molecule has 2 rings (SSSR count). The van der Waals surface area contributed by atoms with Gasteiger partial charge in [0, 0.05) is 13.6 Å². The van der Waals surface area contributed by atoms with Gasteiger partial charge in [0.1, 0.15) is 5.76 Å². The predicted octanol–water partition coefficient (Wildman–Crippen LogP) is 1.55. The number of hydrogen-bond acceptors (Lipinski definition) is 3. The van der Waals surface area contributed by atoms with Crippen LogP contribution in [-0.2, 0) is 13.1 Å². The zero-order chi connectivity index (χ0) is 15.9. The summed E-state index contributed by atoms with van der Waals surface area (Å²) in [5.41, 5.74) is 7.54. The number of nitrogens with one attached hydrogen (secondary N) is 2. The maximum atomic E-state index is 11.0. The molecule has 116 valence electrons. The molecule has 0 aliphatic carbocycles. The Balaban J connectivity index is 1.85. The Labute approximate surface area is 129 Å². The van der Waals surface area contributed by atoms with E-state index in [1.165, 1.54) is 11.1 Å². The molecule has 2 aromatic rings. The lowest BCUT2D eigenvalue weighted by Crippen LogP contribution is -2.36. The average molecular weight is 300 g/mol. The quantitative estimate of drug-likeness (QED) is 0.577. The van der Waals surface area contributed by atoms with E-state index in [4.69, 9.17) is 10.2 Å². The summed E-state index contributed by atoms with van der Waals surface area (Å²) in [4.78, 5) is 15.1. The Morgan fingerprint density at radius 3 is 2.64 bits per heavy atom. The predicted molar refractivity (Wildman–Crippen MR) is 85.4 cm³/mol. The molecule has 0 aliphatic rings. The van der Waals surface area contributed by atoms with Crippen molar-refractivity contribution in [2.75, 3.05) is 7.05 Å². The van der Waals surface area contributed by atoms with E-state index in [1.807, 2.05) is 6.07 Å². The molecule has 0 radical (unpaired) electrons. The molecule has 1 aromatic carbocycles. The van der Waals surface area contributed by atoms with E-state index in [0.29, 0.717) is 24.8 Å². The van der Waals surface area contributed by atoms with Gasteiger partial charge in [-0.3, -0.25) is 9.79 Å². The summed E-state index contributed by atoms with van der Waals surface area (Å²) in [6, 6.07) is 11.5. The maximum absolute atomic E-state index is 11.0. The first-order valence-electron chi connectivity index (χ1n) is 6.97. The van der Waals surface area contributed by atoms with Crippen LogP contribution in [-0.4, -0.2) is 18.9 Å². The van der Waals surface area contributed by atoms with Gasteiger partial charge in [0.2, 0.25) is 0 Å². The fourth-order valence-corrected chi connectivity index (χ4v) is 2.00. The smallest absolute Gasteiger partial charge is 0.284 e. The normalized spacial score (nSPS) is 11.3. The Morgan fingerprint density at radius 1 is 1.23 bits per heavy atom. The summed E-state index contributed by atoms with van der Waals surface area (Å²) in [7, 11) is 1.70. The number of carbonyl (C=O) groups excluding carboxylic acids is 1. The second-order valence-electron chi connectivity index (χ2n) is 4.90. The number of benzene rings is 1. The zero-order valence-electron chi connectivity index (χ0n) is 12.7. The van der Waals surface area contributed by atoms with Crippen molar-refractivity contribution in [2.45, 2.75) is 20.0 Å². The first kappa shape index (κ1) is 15.6. The molecule has 6 heteroatoms. The molecule has 0 atom stereocenters. The molecule has 1 amide bonds. The van der Waals surface area contributed by atoms with Crippen LogP contribution in [0.4, 0.5) is 0 Å². The molecule has 0 unspecified atom stereocenters. The summed E-state index contributed by atoms with van der Waals surface area (Å²) >= 11 is 0. The van der Waals surface area contributed by atoms with Crippen molar-refractivity contribution in [3.63, 3.8) is 0 Å². The summed E-state index contributed by atoms with van der Waals surface area (Å²) in [5, 5.41) is 6.33. The third kappa shape index (κ3) is 4.37. The number of nitrogens with two attached hydrogens (primary N) is 1. The SMILES string of the molecule is CN=C(NCc1cccc(C)c1)NCc1ccc(C(N)=O)o1. The van der Waals surface area contributed by atoms with Crippen molar-refractivity contribution >= 4 is 11.9 Å². The van der Waals surface area contributed by atoms with Crippen molar-refractivity contribution in [1.82, 2.24) is 10.6 Å². The van der Waals surface area contributed by atoms with Crippen molar-refractivity contribution in [3.8, 4) is 0 Å². The fourth-order valence-electron chi connectivity index (χ4n) is 2.00. The van der Waals surface area contributed by atoms with Crippen LogP contribution in [0.3, 0.4) is 0 Å². The number of rotatable bonds is 5. The molecule has 0 bridgehead atoms. The molecule has 1 heterocycles. The number of aryl methyl sites for hydroxylation is 1. The third-order valence-electron chi connectivity index (χ3n) is 3.10. The second-order valence-corrected chi connectivity index (χ2v) is 4.90. The minimum Gasteiger partial charge on any atom is -0.454 e. The number of primary amides is 1. The molecule has 0 spiro atoms. The fraction of sp³-hybridized carbons (Fsp3) is 0.250. The largest absolute Gasteiger partial charge is 0.454 e. The molecular weight excluding hydrogens is 280 g/mol. The van der Waals surface area contributed by atoms with Gasteiger partial charge in [-0.15, -0.1) is 0 Å². The van der Waals surface area contributed by atoms with E-state index >= 15 is 0 Å². The number of furan rings is 1. The molecular formula is C16H20N4O2. The van der Waals surface area contributed by atoms with Crippen LogP contribution >= 0.6 is 0 Å². The minimum atomic E-state index is -0.576. The van der Waals surface area contributed by atoms with Gasteiger partial charge in [-0.05, 0) is 24.6 Å². The summed E-state index contributed by atoms with van der Waals surface area (Å²) in [6.07, 6.45) is 0. The molecule has 0 fully saturated rings. The van der Waals surface area contributed by atoms with E-state index in [1.54, 1.807) is 19.2 Å². The molecule has 0 saturated heterocycles. The lowest BCUT2D eigenvalue weighted by atomic mass is 10.1. The van der Waals surface area contributed by atoms with Gasteiger partial charge in [0.05, 0.1) is 6.54 Å². The summed E-state index contributed by atoms with van der Waals surface area (Å²) < 4.78 is 5.30. The third-order valence-corrected chi connectivity index (χ3v) is 3.10. The highest BCUT2D eigenvalue weighted by molar-refractivity contribution is 5.89. The van der Waals surface area contributed by atoms with Gasteiger partial charge in [-0.25, -0.2) is 0 Å². The lowest BCUT2D eigenvalue weighted by molar-refractivity contribution is 0.0972. The first-order valence-corrected chi connectivity index (χ1v) is 6.97. The van der Waals surface area contributed by atoms with E-state index in [0.717, 1.165) is 0 Å². The van der Waals surface area contributed by atoms with Gasteiger partial charge in [0.15, 0.2) is 11.7 Å². The van der Waals surface area contributed by atoms with Gasteiger partial charge in [-0.1, -0.05) is 29.8 Å². The Hall–Kier alpha value is -2.76. The molecule has 0 saturated carbocycles. The van der Waals surface area contributed by atoms with Gasteiger partial charge in [-0.2, -0.15) is 0 Å². The standard InChI is InChI=1S/C16H20N4O2/c1-11-4-3-5-12(8-11)9-19-16(18-2)20-10-13-6-7-14(22-13)15(17)21/h3-8H,9-10H2,1-2H3,(H2,17,21)(H2,18,19,20). The maximum Gasteiger partial charge on any atom is 0.284 e. The van der Waals surface area contributed by atoms with Crippen LogP contribution in [0.2, 0.25) is 0 Å². The molecule has 0 aliphatic heterocycles. The molecule has 1 aromatic heterocycles. The highest BCUT2D eigenvalue weighted by atomic mass is 16.3. The van der Waals surface area contributed by atoms with Gasteiger partial charge >= 0.3 is 0 Å². The number of guanidine groups is 1. The second kappa shape index (κ2) is 7.31. The van der Waals surface area contributed by atoms with Crippen LogP contribution in [0, 0.1) is 6.92 Å². The van der Waals surface area contributed by atoms with Crippen molar-refractivity contribution in [2.24, 2.45) is 10.7 Å². The highest BCUT2D eigenvalue weighted by Crippen LogP contribution is 2.07. The van der Waals surface area contributed by atoms with Crippen LogP contribution in [0.1, 0.15) is 27.4 Å². The number of aliphatic imine (C=N–C) groups is 1. The summed E-state index contributed by atoms with van der Waals surface area (Å²) in [5.74, 6) is 0.846. The highest BCUT2D eigenvalue weighted by Gasteiger charge is 2.07. The number of carbonyl (C=O) groups is 1. The minimum absolute atomic E-state index is 0.152. The topological polar surface area (TPSA) is 92.6 Å². The van der Waals surface area contributed by atoms with Gasteiger partial charge in [0.25, 0.3) is 5.91 Å². The molecule has 4 N–H and O–H groups in total. The molecule has 6 nitrogen and oxygen atoms in total. The Kier molecular flexibility index (Phi) is 5.19. The Morgan fingerprint density at radius 2 is 2.00 bits per heavy atom. The van der Waals surface area contributed by atoms with Gasteiger partial charge < -0.3 is 20.8 Å². The van der Waals surface area contributed by atoms with Crippen LogP contribution in [0.25, 0.3) is 0 Å². The molecule has 22 heavy (non-hydrogen) atoms. The van der Waals surface area contributed by atoms with E-state index in [9.17, 15) is 4.79 Å². The first-order chi connectivity index (χ1) is 10.6. The number of nitrogens with zero attached hydrogens (tertiary/aromatic N) is 1. The monoisotopic (exact) mass is 300 g/mol. The number of amides is 1. The van der Waals surface area contributed by atoms with Crippen LogP contribution in [0.15, 0.2) is 45.8 Å². The van der Waals surface area contributed by atoms with Crippen molar-refractivity contribution in [1.29, 1.82) is 0 Å². The average Bonchev–Trinajstić information content (AvgIpc) is 2.97. The van der Waals surface area contributed by atoms with E-state index in [2.05, 4.69) is 40.7 Å². The summed E-state index contributed by atoms with van der Waals surface area (Å²) in [6.45, 7) is 3.15. The Bertz CT molecular complexity index is 676. The van der Waals surface area contributed by atoms with Crippen LogP contribution < -0.4 is 16.4 Å². The van der Waals surface area contributed by atoms with E-state index in [-0.39, 0.29) is 5.76 Å². The van der Waals surface area contributed by atoms with Crippen molar-refractivity contribution in [3.05, 3.63) is 59.0 Å². The lowest BCUT2D eigenvalue weighted by Gasteiger charge is -2.11. The van der Waals surface area contributed by atoms with Crippen molar-refractivity contribution < 1.29 is 9.21 Å². The zero-order valence-corrected chi connectivity index (χ0v) is 12.7. The van der Waals surface area contributed by atoms with Crippen LogP contribution in [0.5, 0.6) is 0 Å².